The molecule has 1 N–H and O–H groups in total. The van der Waals surface area contributed by atoms with E-state index in [2.05, 4.69) is 10.3 Å². The van der Waals surface area contributed by atoms with Crippen molar-refractivity contribution < 1.29 is 14.3 Å². The number of carbonyl (C=O) groups excluding carboxylic acids is 2. The summed E-state index contributed by atoms with van der Waals surface area (Å²) in [6.45, 7) is 2.28. The number of aromatic nitrogens is 1. The Labute approximate surface area is 166 Å². The highest BCUT2D eigenvalue weighted by Crippen LogP contribution is 2.29. The van der Waals surface area contributed by atoms with Crippen LogP contribution in [-0.4, -0.2) is 35.8 Å². The van der Waals surface area contributed by atoms with E-state index < -0.39 is 5.97 Å². The van der Waals surface area contributed by atoms with Crippen LogP contribution in [0.3, 0.4) is 0 Å². The number of nitrogens with zero attached hydrogens (tertiary/aromatic N) is 1. The van der Waals surface area contributed by atoms with Gasteiger partial charge in [-0.05, 0) is 23.6 Å². The first-order valence-corrected chi connectivity index (χ1v) is 10.4. The summed E-state index contributed by atoms with van der Waals surface area (Å²) in [4.78, 5) is 28.2. The Morgan fingerprint density at radius 3 is 2.67 bits per heavy atom. The molecule has 1 heterocycles. The van der Waals surface area contributed by atoms with Crippen LogP contribution in [0.2, 0.25) is 0 Å². The van der Waals surface area contributed by atoms with Crippen molar-refractivity contribution in [3.63, 3.8) is 0 Å². The maximum atomic E-state index is 11.9. The lowest BCUT2D eigenvalue weighted by molar-refractivity contribution is -0.145. The van der Waals surface area contributed by atoms with Gasteiger partial charge in [0.1, 0.15) is 0 Å². The van der Waals surface area contributed by atoms with Crippen LogP contribution in [0.5, 0.6) is 0 Å². The van der Waals surface area contributed by atoms with Crippen molar-refractivity contribution in [1.82, 2.24) is 10.3 Å². The number of amides is 1. The summed E-state index contributed by atoms with van der Waals surface area (Å²) in [5, 5.41) is 2.79. The van der Waals surface area contributed by atoms with Crippen molar-refractivity contribution in [3.8, 4) is 0 Å². The SMILES string of the molecule is C[C@H](CNC(=O)COC(=O)CSc1nc2ccccc2s1)c1ccccc1. The molecule has 27 heavy (non-hydrogen) atoms. The van der Waals surface area contributed by atoms with Gasteiger partial charge >= 0.3 is 5.97 Å². The first kappa shape index (κ1) is 19.4. The highest BCUT2D eigenvalue weighted by molar-refractivity contribution is 8.01. The quantitative estimate of drug-likeness (QED) is 0.459. The molecule has 2 aromatic carbocycles. The van der Waals surface area contributed by atoms with Gasteiger partial charge in [0.25, 0.3) is 5.91 Å². The number of para-hydroxylation sites is 1. The lowest BCUT2D eigenvalue weighted by atomic mass is 10.0. The molecule has 1 aromatic heterocycles. The predicted molar refractivity (Wildman–Crippen MR) is 109 cm³/mol. The van der Waals surface area contributed by atoms with Crippen molar-refractivity contribution in [2.45, 2.75) is 17.2 Å². The van der Waals surface area contributed by atoms with E-state index in [-0.39, 0.29) is 24.2 Å². The number of ether oxygens (including phenoxy) is 1. The number of thiazole rings is 1. The van der Waals surface area contributed by atoms with Gasteiger partial charge in [-0.15, -0.1) is 11.3 Å². The van der Waals surface area contributed by atoms with E-state index >= 15 is 0 Å². The normalized spacial score (nSPS) is 11.9. The number of carbonyl (C=O) groups is 2. The molecule has 0 spiro atoms. The molecular formula is C20H20N2O3S2. The van der Waals surface area contributed by atoms with Crippen molar-refractivity contribution in [2.24, 2.45) is 0 Å². The number of esters is 1. The van der Waals surface area contributed by atoms with Crippen LogP contribution in [0.15, 0.2) is 58.9 Å². The lowest BCUT2D eigenvalue weighted by Crippen LogP contribution is -2.31. The van der Waals surface area contributed by atoms with E-state index in [1.165, 1.54) is 23.1 Å². The van der Waals surface area contributed by atoms with Gasteiger partial charge in [-0.3, -0.25) is 9.59 Å². The van der Waals surface area contributed by atoms with E-state index in [1.54, 1.807) is 0 Å². The number of nitrogens with one attached hydrogen (secondary N) is 1. The molecule has 5 nitrogen and oxygen atoms in total. The monoisotopic (exact) mass is 400 g/mol. The summed E-state index contributed by atoms with van der Waals surface area (Å²) in [6, 6.07) is 17.8. The molecule has 1 amide bonds. The molecule has 140 valence electrons. The second-order valence-corrected chi connectivity index (χ2v) is 8.27. The Kier molecular flexibility index (Phi) is 6.84. The summed E-state index contributed by atoms with van der Waals surface area (Å²) in [5.41, 5.74) is 2.08. The molecule has 0 bridgehead atoms. The maximum absolute atomic E-state index is 11.9. The van der Waals surface area contributed by atoms with Crippen LogP contribution in [-0.2, 0) is 14.3 Å². The van der Waals surface area contributed by atoms with Gasteiger partial charge in [0.15, 0.2) is 10.9 Å². The Hall–Kier alpha value is -2.38. The molecule has 0 radical (unpaired) electrons. The minimum Gasteiger partial charge on any atom is -0.455 e. The van der Waals surface area contributed by atoms with Crippen LogP contribution >= 0.6 is 23.1 Å². The minimum absolute atomic E-state index is 0.132. The van der Waals surface area contributed by atoms with E-state index in [4.69, 9.17) is 4.74 Å². The van der Waals surface area contributed by atoms with Crippen molar-refractivity contribution in [3.05, 3.63) is 60.2 Å². The maximum Gasteiger partial charge on any atom is 0.316 e. The van der Waals surface area contributed by atoms with Crippen LogP contribution in [0.25, 0.3) is 10.2 Å². The number of hydrogen-bond acceptors (Lipinski definition) is 6. The third-order valence-corrected chi connectivity index (χ3v) is 6.08. The lowest BCUT2D eigenvalue weighted by Gasteiger charge is -2.13. The number of fused-ring (bicyclic) bond motifs is 1. The highest BCUT2D eigenvalue weighted by atomic mass is 32.2. The molecule has 0 saturated heterocycles. The van der Waals surface area contributed by atoms with Crippen molar-refractivity contribution >= 4 is 45.2 Å². The zero-order valence-electron chi connectivity index (χ0n) is 14.9. The van der Waals surface area contributed by atoms with E-state index in [0.29, 0.717) is 6.54 Å². The number of hydrogen-bond donors (Lipinski definition) is 1. The Morgan fingerprint density at radius 1 is 1.15 bits per heavy atom. The highest BCUT2D eigenvalue weighted by Gasteiger charge is 2.12. The summed E-state index contributed by atoms with van der Waals surface area (Å²) in [7, 11) is 0. The van der Waals surface area contributed by atoms with Crippen LogP contribution in [0, 0.1) is 0 Å². The van der Waals surface area contributed by atoms with Crippen LogP contribution < -0.4 is 5.32 Å². The fraction of sp³-hybridized carbons (Fsp3) is 0.250. The molecule has 0 aliphatic heterocycles. The van der Waals surface area contributed by atoms with Crippen molar-refractivity contribution in [1.29, 1.82) is 0 Å². The molecule has 3 aromatic rings. The van der Waals surface area contributed by atoms with Gasteiger partial charge in [-0.25, -0.2) is 4.98 Å². The van der Waals surface area contributed by atoms with Gasteiger partial charge in [-0.2, -0.15) is 0 Å². The molecule has 0 aliphatic rings. The minimum atomic E-state index is -0.425. The Morgan fingerprint density at radius 2 is 1.89 bits per heavy atom. The van der Waals surface area contributed by atoms with Crippen molar-refractivity contribution in [2.75, 3.05) is 18.9 Å². The second kappa shape index (κ2) is 9.53. The molecule has 0 unspecified atom stereocenters. The van der Waals surface area contributed by atoms with E-state index in [1.807, 2.05) is 61.5 Å². The molecule has 0 saturated carbocycles. The van der Waals surface area contributed by atoms with Gasteiger partial charge in [-0.1, -0.05) is 61.2 Å². The average molecular weight is 401 g/mol. The topological polar surface area (TPSA) is 68.3 Å². The standard InChI is InChI=1S/C20H20N2O3S2/c1-14(15-7-3-2-4-8-15)11-21-18(23)12-25-19(24)13-26-20-22-16-9-5-6-10-17(16)27-20/h2-10,14H,11-13H2,1H3,(H,21,23)/t14-/m1/s1. The molecule has 7 heteroatoms. The van der Waals surface area contributed by atoms with Gasteiger partial charge in [0.2, 0.25) is 0 Å². The predicted octanol–water partition coefficient (Wildman–Crippen LogP) is 3.85. The Bertz CT molecular complexity index is 879. The van der Waals surface area contributed by atoms with Gasteiger partial charge in [0.05, 0.1) is 16.0 Å². The largest absolute Gasteiger partial charge is 0.455 e. The fourth-order valence-corrected chi connectivity index (χ4v) is 4.30. The third kappa shape index (κ3) is 5.80. The second-order valence-electron chi connectivity index (χ2n) is 6.01. The molecule has 1 atom stereocenters. The van der Waals surface area contributed by atoms with Gasteiger partial charge in [0, 0.05) is 6.54 Å². The third-order valence-electron chi connectivity index (χ3n) is 3.93. The van der Waals surface area contributed by atoms with E-state index in [0.717, 1.165) is 20.1 Å². The first-order chi connectivity index (χ1) is 13.1. The zero-order valence-corrected chi connectivity index (χ0v) is 16.5. The number of benzene rings is 2. The Balaban J connectivity index is 1.36. The van der Waals surface area contributed by atoms with Gasteiger partial charge < -0.3 is 10.1 Å². The summed E-state index contributed by atoms with van der Waals surface area (Å²) in [5.74, 6) is -0.393. The smallest absolute Gasteiger partial charge is 0.316 e. The number of thioether (sulfide) groups is 1. The molecule has 0 aliphatic carbocycles. The van der Waals surface area contributed by atoms with E-state index in [9.17, 15) is 9.59 Å². The van der Waals surface area contributed by atoms with Crippen LogP contribution in [0.4, 0.5) is 0 Å². The summed E-state index contributed by atoms with van der Waals surface area (Å²) >= 11 is 2.86. The molecular weight excluding hydrogens is 380 g/mol. The molecule has 0 fully saturated rings. The summed E-state index contributed by atoms with van der Waals surface area (Å²) < 4.78 is 6.94. The zero-order chi connectivity index (χ0) is 19.1. The number of rotatable bonds is 8. The average Bonchev–Trinajstić information content (AvgIpc) is 3.12. The summed E-state index contributed by atoms with van der Waals surface area (Å²) in [6.07, 6.45) is 0. The molecule has 3 rings (SSSR count). The first-order valence-electron chi connectivity index (χ1n) is 8.57. The fourth-order valence-electron chi connectivity index (χ4n) is 2.44. The van der Waals surface area contributed by atoms with Crippen LogP contribution in [0.1, 0.15) is 18.4 Å².